The van der Waals surface area contributed by atoms with E-state index < -0.39 is 10.0 Å². The fourth-order valence-electron chi connectivity index (χ4n) is 2.63. The van der Waals surface area contributed by atoms with Crippen LogP contribution in [0.15, 0.2) is 23.1 Å². The third-order valence-electron chi connectivity index (χ3n) is 3.55. The molecule has 1 aliphatic rings. The van der Waals surface area contributed by atoms with Crippen LogP contribution in [0.25, 0.3) is 0 Å². The molecule has 5 nitrogen and oxygen atoms in total. The lowest BCUT2D eigenvalue weighted by atomic mass is 10.2. The van der Waals surface area contributed by atoms with Gasteiger partial charge in [-0.25, -0.2) is 8.42 Å². The van der Waals surface area contributed by atoms with Gasteiger partial charge in [0, 0.05) is 19.1 Å². The van der Waals surface area contributed by atoms with Crippen molar-refractivity contribution < 1.29 is 8.42 Å². The Morgan fingerprint density at radius 3 is 2.81 bits per heavy atom. The summed E-state index contributed by atoms with van der Waals surface area (Å²) in [6.07, 6.45) is 1.68. The highest BCUT2D eigenvalue weighted by atomic mass is 35.5. The van der Waals surface area contributed by atoms with Gasteiger partial charge in [-0.1, -0.05) is 11.6 Å². The van der Waals surface area contributed by atoms with Crippen molar-refractivity contribution >= 4 is 21.6 Å². The molecule has 0 spiro atoms. The van der Waals surface area contributed by atoms with Gasteiger partial charge in [0.1, 0.15) is 4.90 Å². The van der Waals surface area contributed by atoms with Crippen molar-refractivity contribution in [1.29, 1.82) is 5.26 Å². The lowest BCUT2D eigenvalue weighted by Crippen LogP contribution is -2.41. The highest BCUT2D eigenvalue weighted by Crippen LogP contribution is 2.30. The van der Waals surface area contributed by atoms with Crippen molar-refractivity contribution in [3.8, 4) is 6.07 Å². The number of hydrogen-bond acceptors (Lipinski definition) is 4. The fourth-order valence-corrected chi connectivity index (χ4v) is 4.81. The van der Waals surface area contributed by atoms with E-state index in [2.05, 4.69) is 0 Å². The molecule has 1 heterocycles. The number of halogens is 1. The molecule has 0 aliphatic carbocycles. The van der Waals surface area contributed by atoms with Gasteiger partial charge in [-0.05, 0) is 45.1 Å². The molecule has 0 radical (unpaired) electrons. The fraction of sp³-hybridized carbons (Fsp3) is 0.500. The van der Waals surface area contributed by atoms with E-state index in [1.165, 1.54) is 22.5 Å². The second-order valence-corrected chi connectivity index (χ2v) is 7.70. The van der Waals surface area contributed by atoms with Gasteiger partial charge < -0.3 is 4.90 Å². The van der Waals surface area contributed by atoms with Gasteiger partial charge in [0.2, 0.25) is 10.0 Å². The molecule has 21 heavy (non-hydrogen) atoms. The van der Waals surface area contributed by atoms with E-state index in [0.29, 0.717) is 18.7 Å². The van der Waals surface area contributed by atoms with Crippen LogP contribution in [-0.4, -0.2) is 50.8 Å². The predicted molar refractivity (Wildman–Crippen MR) is 81.6 cm³/mol. The van der Waals surface area contributed by atoms with Gasteiger partial charge in [-0.15, -0.1) is 0 Å². The van der Waals surface area contributed by atoms with Crippen molar-refractivity contribution in [2.24, 2.45) is 0 Å². The first-order valence-corrected chi connectivity index (χ1v) is 8.54. The Bertz CT molecular complexity index is 667. The number of nitrogens with zero attached hydrogens (tertiary/aromatic N) is 3. The smallest absolute Gasteiger partial charge is 0.244 e. The van der Waals surface area contributed by atoms with Gasteiger partial charge in [0.25, 0.3) is 0 Å². The predicted octanol–water partition coefficient (Wildman–Crippen LogP) is 1.93. The molecule has 1 aliphatic heterocycles. The van der Waals surface area contributed by atoms with Crippen LogP contribution in [0.2, 0.25) is 5.02 Å². The Labute approximate surface area is 130 Å². The van der Waals surface area contributed by atoms with E-state index >= 15 is 0 Å². The van der Waals surface area contributed by atoms with Crippen molar-refractivity contribution in [3.63, 3.8) is 0 Å². The van der Waals surface area contributed by atoms with E-state index in [4.69, 9.17) is 16.9 Å². The third-order valence-corrected chi connectivity index (χ3v) is 5.98. The summed E-state index contributed by atoms with van der Waals surface area (Å²) < 4.78 is 27.2. The molecule has 0 saturated carbocycles. The first kappa shape index (κ1) is 16.2. The van der Waals surface area contributed by atoms with Crippen LogP contribution in [-0.2, 0) is 10.0 Å². The zero-order valence-electron chi connectivity index (χ0n) is 12.1. The maximum absolute atomic E-state index is 12.8. The SMILES string of the molecule is CN(C)CC1CCCN1S(=O)(=O)c1cc(C#N)ccc1Cl. The van der Waals surface area contributed by atoms with Crippen LogP contribution in [0.4, 0.5) is 0 Å². The lowest BCUT2D eigenvalue weighted by Gasteiger charge is -2.26. The molecule has 1 aromatic carbocycles. The number of sulfonamides is 1. The van der Waals surface area contributed by atoms with E-state index in [9.17, 15) is 8.42 Å². The van der Waals surface area contributed by atoms with E-state index in [1.54, 1.807) is 0 Å². The molecular formula is C14H18ClN3O2S. The van der Waals surface area contributed by atoms with Crippen LogP contribution in [0.5, 0.6) is 0 Å². The van der Waals surface area contributed by atoms with Gasteiger partial charge in [0.15, 0.2) is 0 Å². The van der Waals surface area contributed by atoms with E-state index in [-0.39, 0.29) is 16.0 Å². The molecule has 114 valence electrons. The molecule has 0 amide bonds. The first-order chi connectivity index (χ1) is 9.86. The van der Waals surface area contributed by atoms with Crippen molar-refractivity contribution in [3.05, 3.63) is 28.8 Å². The Kier molecular flexibility index (Phi) is 4.89. The number of likely N-dealkylation sites (N-methyl/N-ethyl adjacent to an activating group) is 1. The van der Waals surface area contributed by atoms with Gasteiger partial charge >= 0.3 is 0 Å². The Morgan fingerprint density at radius 2 is 2.19 bits per heavy atom. The Hall–Kier alpha value is -1.13. The number of nitriles is 1. The van der Waals surface area contributed by atoms with Gasteiger partial charge in [-0.3, -0.25) is 0 Å². The van der Waals surface area contributed by atoms with Gasteiger partial charge in [-0.2, -0.15) is 9.57 Å². The summed E-state index contributed by atoms with van der Waals surface area (Å²) in [4.78, 5) is 2.00. The Balaban J connectivity index is 2.40. The summed E-state index contributed by atoms with van der Waals surface area (Å²) in [5.41, 5.74) is 0.293. The molecule has 1 aromatic rings. The molecule has 1 fully saturated rings. The molecule has 1 saturated heterocycles. The minimum atomic E-state index is -3.67. The maximum Gasteiger partial charge on any atom is 0.244 e. The standard InChI is InChI=1S/C14H18ClN3O2S/c1-17(2)10-12-4-3-7-18(12)21(19,20)14-8-11(9-16)5-6-13(14)15/h5-6,8,12H,3-4,7,10H2,1-2H3. The molecule has 1 atom stereocenters. The number of rotatable bonds is 4. The molecule has 0 bridgehead atoms. The van der Waals surface area contributed by atoms with Crippen LogP contribution >= 0.6 is 11.6 Å². The molecular weight excluding hydrogens is 310 g/mol. The largest absolute Gasteiger partial charge is 0.308 e. The molecule has 0 N–H and O–H groups in total. The average Bonchev–Trinajstić information content (AvgIpc) is 2.87. The number of hydrogen-bond donors (Lipinski definition) is 0. The zero-order valence-corrected chi connectivity index (χ0v) is 13.7. The minimum Gasteiger partial charge on any atom is -0.308 e. The van der Waals surface area contributed by atoms with Crippen molar-refractivity contribution in [1.82, 2.24) is 9.21 Å². The van der Waals surface area contributed by atoms with Crippen LogP contribution in [0.3, 0.4) is 0 Å². The summed E-state index contributed by atoms with van der Waals surface area (Å²) >= 11 is 6.04. The van der Waals surface area contributed by atoms with E-state index in [0.717, 1.165) is 12.8 Å². The second-order valence-electron chi connectivity index (χ2n) is 5.43. The summed E-state index contributed by atoms with van der Waals surface area (Å²) in [5, 5.41) is 9.10. The summed E-state index contributed by atoms with van der Waals surface area (Å²) in [7, 11) is 0.173. The quantitative estimate of drug-likeness (QED) is 0.847. The van der Waals surface area contributed by atoms with Crippen molar-refractivity contribution in [2.45, 2.75) is 23.8 Å². The zero-order chi connectivity index (χ0) is 15.6. The normalized spacial score (nSPS) is 19.9. The van der Waals surface area contributed by atoms with E-state index in [1.807, 2.05) is 25.1 Å². The molecule has 7 heteroatoms. The third kappa shape index (κ3) is 3.38. The maximum atomic E-state index is 12.8. The van der Waals surface area contributed by atoms with Crippen LogP contribution < -0.4 is 0 Å². The highest BCUT2D eigenvalue weighted by Gasteiger charge is 2.36. The first-order valence-electron chi connectivity index (χ1n) is 6.72. The minimum absolute atomic E-state index is 0.0221. The van der Waals surface area contributed by atoms with Crippen LogP contribution in [0, 0.1) is 11.3 Å². The van der Waals surface area contributed by atoms with Crippen LogP contribution in [0.1, 0.15) is 18.4 Å². The second kappa shape index (κ2) is 6.32. The monoisotopic (exact) mass is 327 g/mol. The van der Waals surface area contributed by atoms with Gasteiger partial charge in [0.05, 0.1) is 16.7 Å². The van der Waals surface area contributed by atoms with Crippen molar-refractivity contribution in [2.75, 3.05) is 27.2 Å². The Morgan fingerprint density at radius 1 is 1.48 bits per heavy atom. The summed E-state index contributed by atoms with van der Waals surface area (Å²) in [6.45, 7) is 1.17. The molecule has 1 unspecified atom stereocenters. The summed E-state index contributed by atoms with van der Waals surface area (Å²) in [5.74, 6) is 0. The molecule has 2 rings (SSSR count). The molecule has 0 aromatic heterocycles. The summed E-state index contributed by atoms with van der Waals surface area (Å²) in [6, 6.07) is 6.23. The topological polar surface area (TPSA) is 64.4 Å². The number of benzene rings is 1. The average molecular weight is 328 g/mol. The highest BCUT2D eigenvalue weighted by molar-refractivity contribution is 7.89. The lowest BCUT2D eigenvalue weighted by molar-refractivity contribution is 0.291.